The summed E-state index contributed by atoms with van der Waals surface area (Å²) >= 11 is 0. The molecule has 2 fully saturated rings. The maximum atomic E-state index is 12.6. The molecule has 0 bridgehead atoms. The van der Waals surface area contributed by atoms with Gasteiger partial charge in [-0.05, 0) is 25.2 Å². The average molecular weight is 501 g/mol. The fourth-order valence-corrected chi connectivity index (χ4v) is 5.00. The van der Waals surface area contributed by atoms with Crippen molar-refractivity contribution >= 4 is 28.9 Å². The Labute approximate surface area is 213 Å². The van der Waals surface area contributed by atoms with E-state index in [1.54, 1.807) is 27.8 Å². The molecule has 4 aromatic heterocycles. The first-order valence-electron chi connectivity index (χ1n) is 12.3. The summed E-state index contributed by atoms with van der Waals surface area (Å²) in [5.74, 6) is 0.503. The second-order valence-electron chi connectivity index (χ2n) is 9.70. The van der Waals surface area contributed by atoms with Crippen LogP contribution in [0, 0.1) is 11.3 Å². The SMILES string of the molecule is CN1CCN(C(=O)Cn2cc(Nc3nc4c(N5CC(CC#N)(n6cccn6)C5)cccn4n3)cn2)CC1. The van der Waals surface area contributed by atoms with Gasteiger partial charge in [-0.3, -0.25) is 14.2 Å². The van der Waals surface area contributed by atoms with Gasteiger partial charge in [-0.25, -0.2) is 4.52 Å². The molecule has 6 rings (SSSR count). The van der Waals surface area contributed by atoms with Crippen LogP contribution in [-0.2, 0) is 16.9 Å². The van der Waals surface area contributed by atoms with E-state index in [4.69, 9.17) is 4.98 Å². The number of amides is 1. The molecule has 2 saturated heterocycles. The summed E-state index contributed by atoms with van der Waals surface area (Å²) in [6, 6.07) is 8.13. The third-order valence-electron chi connectivity index (χ3n) is 7.09. The van der Waals surface area contributed by atoms with E-state index in [1.807, 2.05) is 40.2 Å². The van der Waals surface area contributed by atoms with E-state index < -0.39 is 0 Å². The molecular formula is C24H28N12O. The fraction of sp³-hybridized carbons (Fsp3) is 0.417. The van der Waals surface area contributed by atoms with Crippen LogP contribution in [0.25, 0.3) is 5.65 Å². The summed E-state index contributed by atoms with van der Waals surface area (Å²) in [4.78, 5) is 23.6. The lowest BCUT2D eigenvalue weighted by Crippen LogP contribution is -2.63. The second-order valence-corrected chi connectivity index (χ2v) is 9.70. The van der Waals surface area contributed by atoms with Crippen molar-refractivity contribution in [1.29, 1.82) is 5.26 Å². The van der Waals surface area contributed by atoms with Gasteiger partial charge < -0.3 is 20.0 Å². The number of likely N-dealkylation sites (N-methyl/N-ethyl adjacent to an activating group) is 1. The van der Waals surface area contributed by atoms with Gasteiger partial charge in [-0.15, -0.1) is 5.10 Å². The number of rotatable bonds is 7. The van der Waals surface area contributed by atoms with Crippen molar-refractivity contribution in [1.82, 2.24) is 44.0 Å². The van der Waals surface area contributed by atoms with Crippen LogP contribution in [-0.4, -0.2) is 96.2 Å². The number of hydrogen-bond donors (Lipinski definition) is 1. The van der Waals surface area contributed by atoms with Crippen molar-refractivity contribution < 1.29 is 4.79 Å². The van der Waals surface area contributed by atoms with E-state index in [-0.39, 0.29) is 18.0 Å². The van der Waals surface area contributed by atoms with Crippen LogP contribution in [0.3, 0.4) is 0 Å². The number of nitriles is 1. The zero-order valence-electron chi connectivity index (χ0n) is 20.6. The van der Waals surface area contributed by atoms with Gasteiger partial charge in [0, 0.05) is 64.1 Å². The van der Waals surface area contributed by atoms with E-state index in [1.165, 1.54) is 0 Å². The molecular weight excluding hydrogens is 472 g/mol. The maximum Gasteiger partial charge on any atom is 0.247 e. The Hall–Kier alpha value is -4.44. The zero-order chi connectivity index (χ0) is 25.4. The third kappa shape index (κ3) is 4.36. The number of piperazine rings is 1. The molecule has 0 aromatic carbocycles. The molecule has 0 unspecified atom stereocenters. The molecule has 2 aliphatic heterocycles. The van der Waals surface area contributed by atoms with Crippen LogP contribution in [0.15, 0.2) is 49.2 Å². The number of fused-ring (bicyclic) bond motifs is 1. The van der Waals surface area contributed by atoms with E-state index in [0.29, 0.717) is 36.8 Å². The summed E-state index contributed by atoms with van der Waals surface area (Å²) in [6.45, 7) is 4.77. The normalized spacial score (nSPS) is 17.5. The van der Waals surface area contributed by atoms with Crippen LogP contribution in [0.2, 0.25) is 0 Å². The van der Waals surface area contributed by atoms with Gasteiger partial charge in [-0.2, -0.15) is 20.4 Å². The summed E-state index contributed by atoms with van der Waals surface area (Å²) in [6.07, 6.45) is 9.34. The summed E-state index contributed by atoms with van der Waals surface area (Å²) < 4.78 is 5.25. The Bertz CT molecular complexity index is 1430. The number of anilines is 3. The first-order valence-corrected chi connectivity index (χ1v) is 12.3. The highest BCUT2D eigenvalue weighted by molar-refractivity contribution is 5.76. The Morgan fingerprint density at radius 2 is 2.00 bits per heavy atom. The van der Waals surface area contributed by atoms with Gasteiger partial charge in [0.05, 0.1) is 30.1 Å². The van der Waals surface area contributed by atoms with Gasteiger partial charge in [0.15, 0.2) is 5.65 Å². The van der Waals surface area contributed by atoms with E-state index >= 15 is 0 Å². The minimum atomic E-state index is -0.345. The number of carbonyl (C=O) groups excluding carboxylic acids is 1. The molecule has 4 aromatic rings. The van der Waals surface area contributed by atoms with Gasteiger partial charge in [0.25, 0.3) is 0 Å². The van der Waals surface area contributed by atoms with Crippen molar-refractivity contribution in [3.63, 3.8) is 0 Å². The van der Waals surface area contributed by atoms with Crippen LogP contribution < -0.4 is 10.2 Å². The van der Waals surface area contributed by atoms with Crippen molar-refractivity contribution in [3.05, 3.63) is 49.2 Å². The predicted molar refractivity (Wildman–Crippen MR) is 135 cm³/mol. The number of pyridine rings is 1. The lowest BCUT2D eigenvalue weighted by molar-refractivity contribution is -0.133. The van der Waals surface area contributed by atoms with Gasteiger partial charge in [-0.1, -0.05) is 0 Å². The lowest BCUT2D eigenvalue weighted by Gasteiger charge is -2.50. The molecule has 1 N–H and O–H groups in total. The first-order chi connectivity index (χ1) is 18.0. The average Bonchev–Trinajstić information content (AvgIpc) is 3.63. The monoisotopic (exact) mass is 500 g/mol. The topological polar surface area (TPSA) is 128 Å². The van der Waals surface area contributed by atoms with Crippen LogP contribution in [0.5, 0.6) is 0 Å². The Morgan fingerprint density at radius 1 is 1.16 bits per heavy atom. The van der Waals surface area contributed by atoms with E-state index in [0.717, 1.165) is 31.9 Å². The molecule has 13 heteroatoms. The second kappa shape index (κ2) is 9.21. The highest BCUT2D eigenvalue weighted by Gasteiger charge is 2.46. The predicted octanol–water partition coefficient (Wildman–Crippen LogP) is 0.769. The van der Waals surface area contributed by atoms with E-state index in [2.05, 4.69) is 43.5 Å². The molecule has 0 aliphatic carbocycles. The largest absolute Gasteiger partial charge is 0.363 e. The highest BCUT2D eigenvalue weighted by atomic mass is 16.2. The third-order valence-corrected chi connectivity index (χ3v) is 7.09. The molecule has 37 heavy (non-hydrogen) atoms. The number of hydrogen-bond acceptors (Lipinski definition) is 9. The molecule has 1 amide bonds. The van der Waals surface area contributed by atoms with Crippen molar-refractivity contribution in [2.75, 3.05) is 56.5 Å². The van der Waals surface area contributed by atoms with Gasteiger partial charge in [0.1, 0.15) is 12.1 Å². The van der Waals surface area contributed by atoms with Gasteiger partial charge >= 0.3 is 0 Å². The Balaban J connectivity index is 1.14. The number of aromatic nitrogens is 7. The van der Waals surface area contributed by atoms with Crippen LogP contribution in [0.4, 0.5) is 17.3 Å². The minimum absolute atomic E-state index is 0.0652. The number of nitrogens with one attached hydrogen (secondary N) is 1. The summed E-state index contributed by atoms with van der Waals surface area (Å²) in [7, 11) is 2.07. The molecule has 2 aliphatic rings. The Kier molecular flexibility index (Phi) is 5.72. The smallest absolute Gasteiger partial charge is 0.247 e. The van der Waals surface area contributed by atoms with E-state index in [9.17, 15) is 10.1 Å². The fourth-order valence-electron chi connectivity index (χ4n) is 5.00. The zero-order valence-corrected chi connectivity index (χ0v) is 20.6. The lowest BCUT2D eigenvalue weighted by atomic mass is 9.86. The number of nitrogens with zero attached hydrogens (tertiary/aromatic N) is 11. The molecule has 190 valence electrons. The van der Waals surface area contributed by atoms with Crippen molar-refractivity contribution in [2.24, 2.45) is 0 Å². The number of carbonyl (C=O) groups is 1. The van der Waals surface area contributed by atoms with Gasteiger partial charge in [0.2, 0.25) is 11.9 Å². The molecule has 0 atom stereocenters. The summed E-state index contributed by atoms with van der Waals surface area (Å²) in [5, 5.41) is 25.9. The molecule has 0 spiro atoms. The molecule has 0 saturated carbocycles. The maximum absolute atomic E-state index is 12.6. The van der Waals surface area contributed by atoms with Crippen molar-refractivity contribution in [2.45, 2.75) is 18.5 Å². The van der Waals surface area contributed by atoms with Crippen LogP contribution >= 0.6 is 0 Å². The van der Waals surface area contributed by atoms with Crippen LogP contribution in [0.1, 0.15) is 6.42 Å². The quantitative estimate of drug-likeness (QED) is 0.391. The molecule has 0 radical (unpaired) electrons. The van der Waals surface area contributed by atoms with Crippen molar-refractivity contribution in [3.8, 4) is 6.07 Å². The molecule has 13 nitrogen and oxygen atoms in total. The minimum Gasteiger partial charge on any atom is -0.363 e. The first kappa shape index (κ1) is 23.0. The standard InChI is InChI=1S/C24H28N12O/c1-31-10-12-32(13-11-31)21(37)16-34-15-19(14-27-34)28-23-29-22-20(4-2-8-35(22)30-23)33-17-24(18-33,5-6-25)36-9-3-7-26-36/h2-4,7-9,14-15H,5,10-13,16-18H2,1H3,(H,28,30). The Morgan fingerprint density at radius 3 is 2.76 bits per heavy atom. The molecule has 6 heterocycles. The summed E-state index contributed by atoms with van der Waals surface area (Å²) in [5.41, 5.74) is 2.02. The highest BCUT2D eigenvalue weighted by Crippen LogP contribution is 2.37.